The van der Waals surface area contributed by atoms with E-state index < -0.39 is 17.7 Å². The molecule has 5 heteroatoms. The fraction of sp³-hybridized carbons (Fsp3) is 0.0625. The Bertz CT molecular complexity index is 695. The van der Waals surface area contributed by atoms with Gasteiger partial charge in [-0.1, -0.05) is 30.2 Å². The van der Waals surface area contributed by atoms with Crippen LogP contribution in [-0.4, -0.2) is 5.97 Å². The van der Waals surface area contributed by atoms with Crippen molar-refractivity contribution in [2.45, 2.75) is 6.18 Å². The van der Waals surface area contributed by atoms with E-state index in [1.807, 2.05) is 0 Å². The first-order chi connectivity index (χ1) is 9.95. The van der Waals surface area contributed by atoms with Crippen molar-refractivity contribution in [1.82, 2.24) is 0 Å². The van der Waals surface area contributed by atoms with Crippen LogP contribution in [0.5, 0.6) is 5.75 Å². The molecule has 0 aliphatic rings. The Morgan fingerprint density at radius 1 is 1.00 bits per heavy atom. The van der Waals surface area contributed by atoms with Crippen LogP contribution in [0, 0.1) is 11.8 Å². The molecule has 2 nitrogen and oxygen atoms in total. The molecule has 0 aliphatic carbocycles. The topological polar surface area (TPSA) is 26.3 Å². The zero-order chi connectivity index (χ0) is 15.3. The molecule has 0 atom stereocenters. The van der Waals surface area contributed by atoms with Gasteiger partial charge in [0.1, 0.15) is 5.75 Å². The summed E-state index contributed by atoms with van der Waals surface area (Å²) in [5, 5.41) is 0. The van der Waals surface area contributed by atoms with E-state index in [2.05, 4.69) is 11.8 Å². The molecule has 0 saturated heterocycles. The molecule has 0 fully saturated rings. The third-order valence-corrected chi connectivity index (χ3v) is 2.45. The zero-order valence-electron chi connectivity index (χ0n) is 10.6. The van der Waals surface area contributed by atoms with Gasteiger partial charge in [0.25, 0.3) is 0 Å². The van der Waals surface area contributed by atoms with Gasteiger partial charge in [0.15, 0.2) is 0 Å². The highest BCUT2D eigenvalue weighted by molar-refractivity contribution is 5.90. The van der Waals surface area contributed by atoms with Gasteiger partial charge in [0, 0.05) is 11.5 Å². The number of hydrogen-bond donors (Lipinski definition) is 0. The normalized spacial score (nSPS) is 10.4. The van der Waals surface area contributed by atoms with Gasteiger partial charge in [0.05, 0.1) is 5.56 Å². The molecule has 0 aliphatic heterocycles. The molecule has 0 spiro atoms. The van der Waals surface area contributed by atoms with E-state index >= 15 is 0 Å². The molecular formula is C16H9F3O2. The van der Waals surface area contributed by atoms with Crippen molar-refractivity contribution in [2.75, 3.05) is 0 Å². The summed E-state index contributed by atoms with van der Waals surface area (Å²) in [6.07, 6.45) is -4.49. The van der Waals surface area contributed by atoms with Crippen LogP contribution in [-0.2, 0) is 11.0 Å². The quantitative estimate of drug-likeness (QED) is 0.455. The summed E-state index contributed by atoms with van der Waals surface area (Å²) in [5.41, 5.74) is -0.276. The van der Waals surface area contributed by atoms with Crippen LogP contribution >= 0.6 is 0 Å². The molecule has 0 saturated carbocycles. The fourth-order valence-corrected chi connectivity index (χ4v) is 1.51. The van der Waals surface area contributed by atoms with E-state index in [0.29, 0.717) is 5.56 Å². The van der Waals surface area contributed by atoms with Gasteiger partial charge < -0.3 is 4.74 Å². The van der Waals surface area contributed by atoms with E-state index in [0.717, 1.165) is 18.2 Å². The fourth-order valence-electron chi connectivity index (χ4n) is 1.51. The number of esters is 1. The van der Waals surface area contributed by atoms with E-state index in [-0.39, 0.29) is 5.75 Å². The van der Waals surface area contributed by atoms with Crippen molar-refractivity contribution in [1.29, 1.82) is 0 Å². The van der Waals surface area contributed by atoms with Crippen molar-refractivity contribution in [3.8, 4) is 17.6 Å². The Kier molecular flexibility index (Phi) is 4.29. The molecule has 0 aromatic heterocycles. The average molecular weight is 290 g/mol. The average Bonchev–Trinajstić information content (AvgIpc) is 2.46. The van der Waals surface area contributed by atoms with Gasteiger partial charge in [-0.25, -0.2) is 4.79 Å². The summed E-state index contributed by atoms with van der Waals surface area (Å²) in [4.78, 5) is 11.5. The Hall–Kier alpha value is -2.74. The number of rotatable bonds is 1. The predicted molar refractivity (Wildman–Crippen MR) is 70.4 cm³/mol. The van der Waals surface area contributed by atoms with E-state index in [9.17, 15) is 18.0 Å². The van der Waals surface area contributed by atoms with Gasteiger partial charge in [-0.2, -0.15) is 13.2 Å². The number of alkyl halides is 3. The van der Waals surface area contributed by atoms with Crippen LogP contribution < -0.4 is 4.74 Å². The molecule has 0 unspecified atom stereocenters. The van der Waals surface area contributed by atoms with E-state index in [1.165, 1.54) is 6.07 Å². The maximum Gasteiger partial charge on any atom is 0.416 e. The Morgan fingerprint density at radius 3 is 2.38 bits per heavy atom. The summed E-state index contributed by atoms with van der Waals surface area (Å²) in [6.45, 7) is 0. The minimum Gasteiger partial charge on any atom is -0.417 e. The zero-order valence-corrected chi connectivity index (χ0v) is 10.6. The van der Waals surface area contributed by atoms with Gasteiger partial charge >= 0.3 is 12.1 Å². The monoisotopic (exact) mass is 290 g/mol. The second kappa shape index (κ2) is 6.14. The van der Waals surface area contributed by atoms with Crippen LogP contribution in [0.1, 0.15) is 11.1 Å². The molecule has 2 rings (SSSR count). The molecule has 0 N–H and O–H groups in total. The summed E-state index contributed by atoms with van der Waals surface area (Å²) in [6, 6.07) is 12.8. The minimum absolute atomic E-state index is 0.197. The Labute approximate surface area is 119 Å². The van der Waals surface area contributed by atoms with Gasteiger partial charge in [-0.3, -0.25) is 0 Å². The number of hydrogen-bond acceptors (Lipinski definition) is 2. The lowest BCUT2D eigenvalue weighted by molar-refractivity contribution is -0.138. The molecule has 2 aromatic rings. The van der Waals surface area contributed by atoms with Crippen molar-refractivity contribution >= 4 is 5.97 Å². The molecule has 0 amide bonds. The number of ether oxygens (including phenoxy) is 1. The van der Waals surface area contributed by atoms with E-state index in [1.54, 1.807) is 30.3 Å². The molecule has 0 heterocycles. The van der Waals surface area contributed by atoms with Crippen LogP contribution in [0.2, 0.25) is 0 Å². The first-order valence-corrected chi connectivity index (χ1v) is 5.91. The van der Waals surface area contributed by atoms with Crippen LogP contribution in [0.15, 0.2) is 54.6 Å². The van der Waals surface area contributed by atoms with Crippen molar-refractivity contribution in [3.05, 3.63) is 65.7 Å². The molecule has 106 valence electrons. The first-order valence-electron chi connectivity index (χ1n) is 5.91. The van der Waals surface area contributed by atoms with Crippen molar-refractivity contribution in [2.24, 2.45) is 0 Å². The lowest BCUT2D eigenvalue weighted by Gasteiger charge is -2.07. The number of carbonyl (C=O) groups excluding carboxylic acids is 1. The van der Waals surface area contributed by atoms with Crippen LogP contribution in [0.4, 0.5) is 13.2 Å². The SMILES string of the molecule is O=C(C#Cc1ccccc1)Oc1cccc(C(F)(F)F)c1. The molecule has 0 bridgehead atoms. The van der Waals surface area contributed by atoms with Gasteiger partial charge in [0.2, 0.25) is 0 Å². The summed E-state index contributed by atoms with van der Waals surface area (Å²) >= 11 is 0. The largest absolute Gasteiger partial charge is 0.417 e. The molecule has 21 heavy (non-hydrogen) atoms. The first kappa shape index (κ1) is 14.7. The lowest BCUT2D eigenvalue weighted by atomic mass is 10.2. The van der Waals surface area contributed by atoms with E-state index in [4.69, 9.17) is 4.74 Å². The molecular weight excluding hydrogens is 281 g/mol. The minimum atomic E-state index is -4.49. The highest BCUT2D eigenvalue weighted by atomic mass is 19.4. The predicted octanol–water partition coefficient (Wildman–Crippen LogP) is 3.66. The Balaban J connectivity index is 2.09. The maximum atomic E-state index is 12.5. The third-order valence-electron chi connectivity index (χ3n) is 2.45. The van der Waals surface area contributed by atoms with Crippen LogP contribution in [0.3, 0.4) is 0 Å². The lowest BCUT2D eigenvalue weighted by Crippen LogP contribution is -2.08. The summed E-state index contributed by atoms with van der Waals surface area (Å²) in [7, 11) is 0. The molecule has 2 aromatic carbocycles. The third kappa shape index (κ3) is 4.39. The van der Waals surface area contributed by atoms with Crippen molar-refractivity contribution < 1.29 is 22.7 Å². The number of carbonyl (C=O) groups is 1. The smallest absolute Gasteiger partial charge is 0.416 e. The number of benzene rings is 2. The Morgan fingerprint density at radius 2 is 1.71 bits per heavy atom. The summed E-state index contributed by atoms with van der Waals surface area (Å²) in [5.74, 6) is 3.66. The van der Waals surface area contributed by atoms with Crippen molar-refractivity contribution in [3.63, 3.8) is 0 Å². The van der Waals surface area contributed by atoms with Gasteiger partial charge in [-0.15, -0.1) is 0 Å². The maximum absolute atomic E-state index is 12.5. The highest BCUT2D eigenvalue weighted by Crippen LogP contribution is 2.31. The van der Waals surface area contributed by atoms with Crippen LogP contribution in [0.25, 0.3) is 0 Å². The second-order valence-electron chi connectivity index (χ2n) is 4.03. The summed E-state index contributed by atoms with van der Waals surface area (Å²) < 4.78 is 42.3. The second-order valence-corrected chi connectivity index (χ2v) is 4.03. The molecule has 0 radical (unpaired) electrons. The van der Waals surface area contributed by atoms with Gasteiger partial charge in [-0.05, 0) is 30.3 Å². The number of halogens is 3. The highest BCUT2D eigenvalue weighted by Gasteiger charge is 2.30. The standard InChI is InChI=1S/C16H9F3O2/c17-16(18,19)13-7-4-8-14(11-13)21-15(20)10-9-12-5-2-1-3-6-12/h1-8,11H.